The molecule has 0 aliphatic carbocycles. The Hall–Kier alpha value is -2.43. The Morgan fingerprint density at radius 2 is 1.44 bits per heavy atom. The van der Waals surface area contributed by atoms with Crippen molar-refractivity contribution in [2.75, 3.05) is 0 Å². The minimum absolute atomic E-state index is 0. The highest BCUT2D eigenvalue weighted by atomic mass is 79.9. The van der Waals surface area contributed by atoms with E-state index in [1.165, 1.54) is 22.4 Å². The molecule has 0 radical (unpaired) electrons. The maximum absolute atomic E-state index is 4.89. The lowest BCUT2D eigenvalue weighted by Gasteiger charge is -2.11. The molecule has 3 aromatic carbocycles. The summed E-state index contributed by atoms with van der Waals surface area (Å²) < 4.78 is 2.24. The molecule has 0 aliphatic rings. The second-order valence-corrected chi connectivity index (χ2v) is 7.16. The number of hydrogen-bond acceptors (Lipinski definition) is 2. The van der Waals surface area contributed by atoms with Crippen molar-refractivity contribution < 1.29 is 0 Å². The minimum Gasteiger partial charge on any atom is -0.285 e. The first-order chi connectivity index (χ1) is 12.7. The van der Waals surface area contributed by atoms with E-state index < -0.39 is 0 Å². The van der Waals surface area contributed by atoms with Crippen LogP contribution in [0.1, 0.15) is 11.1 Å². The average molecular weight is 437 g/mol. The highest BCUT2D eigenvalue weighted by Crippen LogP contribution is 2.26. The first-order valence-corrected chi connectivity index (χ1v) is 9.54. The van der Waals surface area contributed by atoms with E-state index in [9.17, 15) is 0 Å². The molecule has 4 aromatic rings. The number of para-hydroxylation sites is 2. The van der Waals surface area contributed by atoms with Gasteiger partial charge >= 0.3 is 0 Å². The predicted molar refractivity (Wildman–Crippen MR) is 121 cm³/mol. The maximum atomic E-state index is 4.89. The van der Waals surface area contributed by atoms with Crippen molar-refractivity contribution in [1.82, 2.24) is 4.57 Å². The molecule has 0 saturated carbocycles. The SMILES string of the molecule is Br.Cc1ccc(-c2csc(=Nc3ccccc3)n2-c2ccccc2)cc1C. The summed E-state index contributed by atoms with van der Waals surface area (Å²) >= 11 is 1.67. The molecule has 0 unspecified atom stereocenters. The number of thiazole rings is 1. The number of aromatic nitrogens is 1. The zero-order valence-corrected chi connectivity index (χ0v) is 17.8. The van der Waals surface area contributed by atoms with Gasteiger partial charge in [-0.1, -0.05) is 48.5 Å². The van der Waals surface area contributed by atoms with Crippen LogP contribution in [-0.2, 0) is 0 Å². The predicted octanol–water partition coefficient (Wildman–Crippen LogP) is 6.63. The van der Waals surface area contributed by atoms with Gasteiger partial charge in [-0.05, 0) is 60.9 Å². The first-order valence-electron chi connectivity index (χ1n) is 8.66. The van der Waals surface area contributed by atoms with Gasteiger partial charge in [-0.3, -0.25) is 4.57 Å². The number of halogens is 1. The summed E-state index contributed by atoms with van der Waals surface area (Å²) in [5.41, 5.74) is 7.07. The lowest BCUT2D eigenvalue weighted by molar-refractivity contribution is 1.01. The summed E-state index contributed by atoms with van der Waals surface area (Å²) in [7, 11) is 0. The molecule has 0 spiro atoms. The van der Waals surface area contributed by atoms with E-state index in [-0.39, 0.29) is 17.0 Å². The lowest BCUT2D eigenvalue weighted by atomic mass is 10.0. The van der Waals surface area contributed by atoms with E-state index in [4.69, 9.17) is 4.99 Å². The maximum Gasteiger partial charge on any atom is 0.195 e. The van der Waals surface area contributed by atoms with E-state index in [0.29, 0.717) is 0 Å². The molecule has 1 aromatic heterocycles. The highest BCUT2D eigenvalue weighted by Gasteiger charge is 2.11. The Morgan fingerprint density at radius 1 is 0.778 bits per heavy atom. The van der Waals surface area contributed by atoms with E-state index in [2.05, 4.69) is 66.3 Å². The second-order valence-electron chi connectivity index (χ2n) is 6.32. The second kappa shape index (κ2) is 8.51. The number of rotatable bonds is 3. The summed E-state index contributed by atoms with van der Waals surface area (Å²) in [5.74, 6) is 0. The van der Waals surface area contributed by atoms with Gasteiger partial charge in [0.15, 0.2) is 4.80 Å². The van der Waals surface area contributed by atoms with E-state index in [1.807, 2.05) is 36.4 Å². The van der Waals surface area contributed by atoms with Crippen LogP contribution in [0.2, 0.25) is 0 Å². The Kier molecular flexibility index (Phi) is 6.09. The lowest BCUT2D eigenvalue weighted by Crippen LogP contribution is -2.13. The van der Waals surface area contributed by atoms with Crippen LogP contribution < -0.4 is 4.80 Å². The molecule has 136 valence electrons. The Labute approximate surface area is 174 Å². The molecular weight excluding hydrogens is 416 g/mol. The molecule has 4 rings (SSSR count). The average Bonchev–Trinajstić information content (AvgIpc) is 3.09. The van der Waals surface area contributed by atoms with Crippen LogP contribution in [0, 0.1) is 13.8 Å². The number of nitrogens with zero attached hydrogens (tertiary/aromatic N) is 2. The molecule has 0 bridgehead atoms. The molecular formula is C23H21BrN2S. The van der Waals surface area contributed by atoms with Gasteiger partial charge in [-0.2, -0.15) is 0 Å². The minimum atomic E-state index is 0. The van der Waals surface area contributed by atoms with Crippen molar-refractivity contribution in [1.29, 1.82) is 0 Å². The van der Waals surface area contributed by atoms with Crippen LogP contribution in [0.25, 0.3) is 16.9 Å². The van der Waals surface area contributed by atoms with Crippen LogP contribution in [0.4, 0.5) is 5.69 Å². The Bertz CT molecular complexity index is 1100. The van der Waals surface area contributed by atoms with E-state index in [1.54, 1.807) is 11.3 Å². The van der Waals surface area contributed by atoms with Crippen molar-refractivity contribution in [3.05, 3.63) is 100 Å². The molecule has 0 N–H and O–H groups in total. The van der Waals surface area contributed by atoms with Gasteiger partial charge in [-0.25, -0.2) is 4.99 Å². The molecule has 0 atom stereocenters. The van der Waals surface area contributed by atoms with Gasteiger partial charge in [-0.15, -0.1) is 28.3 Å². The van der Waals surface area contributed by atoms with E-state index in [0.717, 1.165) is 16.2 Å². The standard InChI is InChI=1S/C23H20N2S.BrH/c1-17-13-14-19(15-18(17)2)22-16-26-23(24-20-9-5-3-6-10-20)25(22)21-11-7-4-8-12-21;/h3-16H,1-2H3;1H. The smallest absolute Gasteiger partial charge is 0.195 e. The zero-order chi connectivity index (χ0) is 17.9. The molecule has 0 aliphatic heterocycles. The van der Waals surface area contributed by atoms with Crippen LogP contribution >= 0.6 is 28.3 Å². The van der Waals surface area contributed by atoms with Crippen LogP contribution in [0.3, 0.4) is 0 Å². The van der Waals surface area contributed by atoms with Gasteiger partial charge in [0.25, 0.3) is 0 Å². The third-order valence-corrected chi connectivity index (χ3v) is 5.33. The van der Waals surface area contributed by atoms with Crippen molar-refractivity contribution in [3.8, 4) is 16.9 Å². The molecule has 0 amide bonds. The summed E-state index contributed by atoms with van der Waals surface area (Å²) in [4.78, 5) is 5.85. The van der Waals surface area contributed by atoms with Crippen molar-refractivity contribution in [2.45, 2.75) is 13.8 Å². The highest BCUT2D eigenvalue weighted by molar-refractivity contribution is 8.93. The fourth-order valence-corrected chi connectivity index (χ4v) is 3.86. The largest absolute Gasteiger partial charge is 0.285 e. The molecule has 0 saturated heterocycles. The van der Waals surface area contributed by atoms with Gasteiger partial charge in [0.2, 0.25) is 0 Å². The molecule has 0 fully saturated rings. The van der Waals surface area contributed by atoms with Gasteiger partial charge in [0.05, 0.1) is 11.4 Å². The first kappa shape index (κ1) is 19.3. The van der Waals surface area contributed by atoms with Crippen molar-refractivity contribution in [3.63, 3.8) is 0 Å². The number of aryl methyl sites for hydroxylation is 2. The zero-order valence-electron chi connectivity index (χ0n) is 15.3. The van der Waals surface area contributed by atoms with Gasteiger partial charge in [0, 0.05) is 11.1 Å². The van der Waals surface area contributed by atoms with E-state index >= 15 is 0 Å². The molecule has 4 heteroatoms. The third-order valence-electron chi connectivity index (χ3n) is 4.51. The monoisotopic (exact) mass is 436 g/mol. The summed E-state index contributed by atoms with van der Waals surface area (Å²) in [6.07, 6.45) is 0. The molecule has 27 heavy (non-hydrogen) atoms. The summed E-state index contributed by atoms with van der Waals surface area (Å²) in [6, 6.07) is 27.2. The topological polar surface area (TPSA) is 17.3 Å². The van der Waals surface area contributed by atoms with Crippen LogP contribution in [0.5, 0.6) is 0 Å². The third kappa shape index (κ3) is 4.12. The Morgan fingerprint density at radius 3 is 2.11 bits per heavy atom. The Balaban J connectivity index is 0.00000210. The quantitative estimate of drug-likeness (QED) is 0.342. The summed E-state index contributed by atoms with van der Waals surface area (Å²) in [6.45, 7) is 4.31. The van der Waals surface area contributed by atoms with Crippen molar-refractivity contribution >= 4 is 34.0 Å². The number of hydrogen-bond donors (Lipinski definition) is 0. The van der Waals surface area contributed by atoms with Gasteiger partial charge in [0.1, 0.15) is 0 Å². The van der Waals surface area contributed by atoms with Crippen LogP contribution in [-0.4, -0.2) is 4.57 Å². The van der Waals surface area contributed by atoms with Crippen molar-refractivity contribution in [2.24, 2.45) is 4.99 Å². The fraction of sp³-hybridized carbons (Fsp3) is 0.0870. The molecule has 2 nitrogen and oxygen atoms in total. The molecule has 1 heterocycles. The van der Waals surface area contributed by atoms with Gasteiger partial charge < -0.3 is 0 Å². The van der Waals surface area contributed by atoms with Crippen LogP contribution in [0.15, 0.2) is 89.2 Å². The summed E-state index contributed by atoms with van der Waals surface area (Å²) in [5, 5.41) is 2.19. The normalized spacial score (nSPS) is 11.3. The number of benzene rings is 3. The fourth-order valence-electron chi connectivity index (χ4n) is 2.93.